The molecular formula is C34H34N2O6. The van der Waals surface area contributed by atoms with Crippen LogP contribution in [0.1, 0.15) is 25.7 Å². The van der Waals surface area contributed by atoms with E-state index in [0.29, 0.717) is 23.0 Å². The Morgan fingerprint density at radius 3 is 1.21 bits per heavy atom. The molecule has 1 saturated carbocycles. The van der Waals surface area contributed by atoms with Crippen molar-refractivity contribution in [3.8, 4) is 34.5 Å². The number of amides is 2. The lowest BCUT2D eigenvalue weighted by molar-refractivity contribution is -0.127. The van der Waals surface area contributed by atoms with E-state index >= 15 is 0 Å². The molecule has 2 N–H and O–H groups in total. The smallest absolute Gasteiger partial charge is 0.258 e. The maximum absolute atomic E-state index is 12.7. The van der Waals surface area contributed by atoms with Crippen LogP contribution < -0.4 is 29.6 Å². The predicted octanol–water partition coefficient (Wildman–Crippen LogP) is 6.27. The first-order valence-corrected chi connectivity index (χ1v) is 14.1. The van der Waals surface area contributed by atoms with Gasteiger partial charge >= 0.3 is 0 Å². The summed E-state index contributed by atoms with van der Waals surface area (Å²) < 4.78 is 22.9. The van der Waals surface area contributed by atoms with Gasteiger partial charge in [-0.05, 0) is 85.6 Å². The molecule has 2 amide bonds. The molecule has 0 saturated heterocycles. The highest BCUT2D eigenvalue weighted by molar-refractivity contribution is 5.79. The van der Waals surface area contributed by atoms with E-state index in [1.807, 2.05) is 60.7 Å². The molecular weight excluding hydrogens is 532 g/mol. The minimum atomic E-state index is -0.236. The molecule has 4 aromatic rings. The molecule has 1 aliphatic rings. The van der Waals surface area contributed by atoms with Crippen LogP contribution in [0.5, 0.6) is 34.5 Å². The zero-order valence-corrected chi connectivity index (χ0v) is 23.2. The van der Waals surface area contributed by atoms with Crippen molar-refractivity contribution in [3.05, 3.63) is 109 Å². The number of rotatable bonds is 12. The Balaban J connectivity index is 1.04. The molecule has 8 nitrogen and oxygen atoms in total. The maximum atomic E-state index is 12.7. The zero-order valence-electron chi connectivity index (χ0n) is 23.2. The number of ether oxygens (including phenoxy) is 4. The van der Waals surface area contributed by atoms with Gasteiger partial charge in [0, 0.05) is 12.1 Å². The van der Waals surface area contributed by atoms with Gasteiger partial charge in [0.05, 0.1) is 0 Å². The molecule has 0 heterocycles. The van der Waals surface area contributed by atoms with Crippen LogP contribution in [0.15, 0.2) is 109 Å². The fraction of sp³-hybridized carbons (Fsp3) is 0.235. The molecule has 0 aromatic heterocycles. The first-order valence-electron chi connectivity index (χ1n) is 14.1. The van der Waals surface area contributed by atoms with E-state index < -0.39 is 0 Å². The van der Waals surface area contributed by atoms with Gasteiger partial charge in [0.1, 0.15) is 34.5 Å². The molecule has 1 fully saturated rings. The number of nitrogens with one attached hydrogen (secondary N) is 2. The molecule has 1 aliphatic carbocycles. The molecule has 42 heavy (non-hydrogen) atoms. The molecule has 0 bridgehead atoms. The van der Waals surface area contributed by atoms with Crippen LogP contribution in [-0.4, -0.2) is 37.1 Å². The largest absolute Gasteiger partial charge is 0.484 e. The third-order valence-electron chi connectivity index (χ3n) is 6.80. The van der Waals surface area contributed by atoms with E-state index in [1.165, 1.54) is 0 Å². The lowest BCUT2D eigenvalue weighted by atomic mass is 9.90. The molecule has 2 unspecified atom stereocenters. The maximum Gasteiger partial charge on any atom is 0.258 e. The molecule has 0 aliphatic heterocycles. The minimum Gasteiger partial charge on any atom is -0.484 e. The normalized spacial score (nSPS) is 16.1. The Morgan fingerprint density at radius 1 is 0.500 bits per heavy atom. The van der Waals surface area contributed by atoms with Crippen LogP contribution in [0.25, 0.3) is 0 Å². The fourth-order valence-corrected chi connectivity index (χ4v) is 4.73. The summed E-state index contributed by atoms with van der Waals surface area (Å²) in [6.45, 7) is -0.244. The van der Waals surface area contributed by atoms with Crippen molar-refractivity contribution in [1.82, 2.24) is 10.6 Å². The summed E-state index contributed by atoms with van der Waals surface area (Å²) in [6, 6.07) is 32.9. The van der Waals surface area contributed by atoms with Crippen molar-refractivity contribution < 1.29 is 28.5 Å². The van der Waals surface area contributed by atoms with Gasteiger partial charge in [-0.1, -0.05) is 49.2 Å². The van der Waals surface area contributed by atoms with E-state index in [9.17, 15) is 9.59 Å². The molecule has 4 aromatic carbocycles. The zero-order chi connectivity index (χ0) is 29.0. The summed E-state index contributed by atoms with van der Waals surface area (Å²) in [6.07, 6.45) is 3.53. The third kappa shape index (κ3) is 8.76. The minimum absolute atomic E-state index is 0.122. The first kappa shape index (κ1) is 28.5. The number of para-hydroxylation sites is 2. The predicted molar refractivity (Wildman–Crippen MR) is 159 cm³/mol. The molecule has 0 spiro atoms. The molecule has 8 heteroatoms. The summed E-state index contributed by atoms with van der Waals surface area (Å²) in [4.78, 5) is 25.3. The Labute approximate surface area is 245 Å². The summed E-state index contributed by atoms with van der Waals surface area (Å²) in [5.41, 5.74) is 0. The number of hydrogen-bond donors (Lipinski definition) is 2. The van der Waals surface area contributed by atoms with E-state index in [-0.39, 0.29) is 37.1 Å². The average molecular weight is 567 g/mol. The molecule has 2 atom stereocenters. The Hall–Kier alpha value is -4.98. The monoisotopic (exact) mass is 566 g/mol. The van der Waals surface area contributed by atoms with Crippen LogP contribution >= 0.6 is 0 Å². The van der Waals surface area contributed by atoms with Crippen molar-refractivity contribution in [2.75, 3.05) is 13.2 Å². The summed E-state index contributed by atoms with van der Waals surface area (Å²) >= 11 is 0. The Kier molecular flexibility index (Phi) is 9.92. The molecule has 5 rings (SSSR count). The van der Waals surface area contributed by atoms with Crippen molar-refractivity contribution in [1.29, 1.82) is 0 Å². The van der Waals surface area contributed by atoms with E-state index in [2.05, 4.69) is 10.6 Å². The quantitative estimate of drug-likeness (QED) is 0.210. The SMILES string of the molecule is O=C(COc1ccc(Oc2ccccc2)cc1)NC1CCCCC1NC(=O)COc1ccc(Oc2ccccc2)cc1. The second kappa shape index (κ2) is 14.6. The van der Waals surface area contributed by atoms with Crippen LogP contribution in [0.2, 0.25) is 0 Å². The van der Waals surface area contributed by atoms with E-state index in [1.54, 1.807) is 48.5 Å². The Morgan fingerprint density at radius 2 is 0.833 bits per heavy atom. The Bertz CT molecular complexity index is 1300. The number of benzene rings is 4. The van der Waals surface area contributed by atoms with Gasteiger partial charge in [0.25, 0.3) is 11.8 Å². The van der Waals surface area contributed by atoms with Gasteiger partial charge in [-0.15, -0.1) is 0 Å². The standard InChI is InChI=1S/C34H34N2O6/c37-33(23-39-25-15-19-29(20-16-25)41-27-9-3-1-4-10-27)35-31-13-7-8-14-32(31)36-34(38)24-40-26-17-21-30(22-18-26)42-28-11-5-2-6-12-28/h1-6,9-12,15-22,31-32H,7-8,13-14,23-24H2,(H,35,37)(H,36,38). The molecule has 216 valence electrons. The van der Waals surface area contributed by atoms with Gasteiger partial charge in [-0.3, -0.25) is 9.59 Å². The highest BCUT2D eigenvalue weighted by Gasteiger charge is 2.28. The van der Waals surface area contributed by atoms with E-state index in [4.69, 9.17) is 18.9 Å². The van der Waals surface area contributed by atoms with E-state index in [0.717, 1.165) is 37.2 Å². The second-order valence-corrected chi connectivity index (χ2v) is 9.98. The first-order chi connectivity index (χ1) is 20.6. The van der Waals surface area contributed by atoms with Crippen molar-refractivity contribution in [3.63, 3.8) is 0 Å². The highest BCUT2D eigenvalue weighted by atomic mass is 16.5. The van der Waals surface area contributed by atoms with Crippen molar-refractivity contribution >= 4 is 11.8 Å². The number of hydrogen-bond acceptors (Lipinski definition) is 6. The lowest BCUT2D eigenvalue weighted by Gasteiger charge is -2.32. The summed E-state index contributed by atoms with van der Waals surface area (Å²) in [7, 11) is 0. The van der Waals surface area contributed by atoms with Crippen molar-refractivity contribution in [2.24, 2.45) is 0 Å². The fourth-order valence-electron chi connectivity index (χ4n) is 4.73. The number of carbonyl (C=O) groups is 2. The highest BCUT2D eigenvalue weighted by Crippen LogP contribution is 2.25. The van der Waals surface area contributed by atoms with Gasteiger partial charge in [-0.25, -0.2) is 0 Å². The van der Waals surface area contributed by atoms with Crippen LogP contribution in [-0.2, 0) is 9.59 Å². The summed E-state index contributed by atoms with van der Waals surface area (Å²) in [5, 5.41) is 6.06. The second-order valence-electron chi connectivity index (χ2n) is 9.98. The van der Waals surface area contributed by atoms with Gasteiger partial charge in [0.2, 0.25) is 0 Å². The van der Waals surface area contributed by atoms with Gasteiger partial charge < -0.3 is 29.6 Å². The third-order valence-corrected chi connectivity index (χ3v) is 6.80. The van der Waals surface area contributed by atoms with Crippen molar-refractivity contribution in [2.45, 2.75) is 37.8 Å². The number of carbonyl (C=O) groups excluding carboxylic acids is 2. The van der Waals surface area contributed by atoms with Crippen LogP contribution in [0.3, 0.4) is 0 Å². The lowest BCUT2D eigenvalue weighted by Crippen LogP contribution is -2.54. The average Bonchev–Trinajstić information content (AvgIpc) is 3.02. The van der Waals surface area contributed by atoms with Crippen LogP contribution in [0, 0.1) is 0 Å². The van der Waals surface area contributed by atoms with Crippen LogP contribution in [0.4, 0.5) is 0 Å². The van der Waals surface area contributed by atoms with Gasteiger partial charge in [0.15, 0.2) is 13.2 Å². The molecule has 0 radical (unpaired) electrons. The topological polar surface area (TPSA) is 95.1 Å². The summed E-state index contributed by atoms with van der Waals surface area (Å²) in [5.74, 6) is 3.50. The van der Waals surface area contributed by atoms with Gasteiger partial charge in [-0.2, -0.15) is 0 Å².